The zero-order chi connectivity index (χ0) is 14.7. The maximum Gasteiger partial charge on any atom is 0.209 e. The molecule has 0 radical (unpaired) electrons. The highest BCUT2D eigenvalue weighted by atomic mass is 79.9. The number of benzene rings is 2. The summed E-state index contributed by atoms with van der Waals surface area (Å²) in [7, 11) is 0. The van der Waals surface area contributed by atoms with Crippen molar-refractivity contribution in [1.82, 2.24) is 15.2 Å². The van der Waals surface area contributed by atoms with Crippen molar-refractivity contribution in [3.63, 3.8) is 0 Å². The number of nitrogens with one attached hydrogen (secondary N) is 1. The van der Waals surface area contributed by atoms with Crippen LogP contribution in [0.2, 0.25) is 0 Å². The second-order valence-electron chi connectivity index (χ2n) is 4.72. The van der Waals surface area contributed by atoms with Gasteiger partial charge >= 0.3 is 0 Å². The highest BCUT2D eigenvalue weighted by Gasteiger charge is 2.09. The summed E-state index contributed by atoms with van der Waals surface area (Å²) in [4.78, 5) is 4.55. The maximum absolute atomic E-state index is 4.55. The number of halogens is 1. The normalized spacial score (nSPS) is 10.8. The fraction of sp³-hybridized carbons (Fsp3) is 0.125. The summed E-state index contributed by atoms with van der Waals surface area (Å²) in [6, 6.07) is 16.5. The molecule has 0 aliphatic carbocycles. The van der Waals surface area contributed by atoms with Crippen molar-refractivity contribution in [2.75, 3.05) is 0 Å². The largest absolute Gasteiger partial charge is 0.258 e. The van der Waals surface area contributed by atoms with Gasteiger partial charge < -0.3 is 0 Å². The molecular formula is C16H14BrN3S. The van der Waals surface area contributed by atoms with E-state index in [9.17, 15) is 0 Å². The van der Waals surface area contributed by atoms with Crippen molar-refractivity contribution >= 4 is 27.7 Å². The fourth-order valence-electron chi connectivity index (χ4n) is 2.03. The SMILES string of the molecule is Cc1cccc(CSc2n[nH]c(-c3ccccc3Br)n2)c1. The van der Waals surface area contributed by atoms with Gasteiger partial charge in [0, 0.05) is 15.8 Å². The van der Waals surface area contributed by atoms with E-state index in [0.717, 1.165) is 26.8 Å². The molecule has 0 saturated heterocycles. The second kappa shape index (κ2) is 6.45. The van der Waals surface area contributed by atoms with E-state index >= 15 is 0 Å². The van der Waals surface area contributed by atoms with E-state index in [0.29, 0.717) is 0 Å². The van der Waals surface area contributed by atoms with Crippen molar-refractivity contribution in [1.29, 1.82) is 0 Å². The molecule has 5 heteroatoms. The van der Waals surface area contributed by atoms with E-state index in [-0.39, 0.29) is 0 Å². The molecule has 1 heterocycles. The lowest BCUT2D eigenvalue weighted by atomic mass is 10.2. The molecule has 106 valence electrons. The molecule has 0 atom stereocenters. The Morgan fingerprint density at radius 3 is 2.81 bits per heavy atom. The molecule has 0 aliphatic rings. The molecule has 1 aromatic heterocycles. The summed E-state index contributed by atoms with van der Waals surface area (Å²) in [5.41, 5.74) is 3.58. The Labute approximate surface area is 136 Å². The quantitative estimate of drug-likeness (QED) is 0.678. The van der Waals surface area contributed by atoms with Gasteiger partial charge in [0.05, 0.1) is 0 Å². The molecule has 1 N–H and O–H groups in total. The van der Waals surface area contributed by atoms with Gasteiger partial charge in [-0.1, -0.05) is 75.7 Å². The fourth-order valence-corrected chi connectivity index (χ4v) is 3.25. The predicted octanol–water partition coefficient (Wildman–Crippen LogP) is 4.83. The molecular weight excluding hydrogens is 346 g/mol. The van der Waals surface area contributed by atoms with Crippen LogP contribution in [0.4, 0.5) is 0 Å². The minimum Gasteiger partial charge on any atom is -0.258 e. The van der Waals surface area contributed by atoms with Crippen LogP contribution >= 0.6 is 27.7 Å². The minimum atomic E-state index is 0.766. The van der Waals surface area contributed by atoms with Gasteiger partial charge in [0.2, 0.25) is 5.16 Å². The molecule has 0 fully saturated rings. The van der Waals surface area contributed by atoms with E-state index in [4.69, 9.17) is 0 Å². The monoisotopic (exact) mass is 359 g/mol. The first-order chi connectivity index (χ1) is 10.2. The van der Waals surface area contributed by atoms with Gasteiger partial charge in [0.15, 0.2) is 5.82 Å². The van der Waals surface area contributed by atoms with Gasteiger partial charge in [-0.05, 0) is 18.6 Å². The summed E-state index contributed by atoms with van der Waals surface area (Å²) in [6.07, 6.45) is 0. The molecule has 3 nitrogen and oxygen atoms in total. The zero-order valence-electron chi connectivity index (χ0n) is 11.5. The summed E-state index contributed by atoms with van der Waals surface area (Å²) >= 11 is 5.17. The second-order valence-corrected chi connectivity index (χ2v) is 6.52. The number of hydrogen-bond donors (Lipinski definition) is 1. The van der Waals surface area contributed by atoms with E-state index < -0.39 is 0 Å². The van der Waals surface area contributed by atoms with Gasteiger partial charge in [-0.15, -0.1) is 5.10 Å². The Balaban J connectivity index is 1.72. The molecule has 3 rings (SSSR count). The number of nitrogens with zero attached hydrogens (tertiary/aromatic N) is 2. The van der Waals surface area contributed by atoms with Gasteiger partial charge in [-0.2, -0.15) is 0 Å². The Morgan fingerprint density at radius 2 is 2.00 bits per heavy atom. The molecule has 3 aromatic rings. The van der Waals surface area contributed by atoms with Gasteiger partial charge in [-0.25, -0.2) is 4.98 Å². The number of aromatic nitrogens is 3. The predicted molar refractivity (Wildman–Crippen MR) is 90.3 cm³/mol. The van der Waals surface area contributed by atoms with Crippen molar-refractivity contribution in [3.8, 4) is 11.4 Å². The average Bonchev–Trinajstić information content (AvgIpc) is 2.94. The van der Waals surface area contributed by atoms with Crippen LogP contribution in [-0.4, -0.2) is 15.2 Å². The third-order valence-electron chi connectivity index (χ3n) is 3.04. The number of aryl methyl sites for hydroxylation is 1. The smallest absolute Gasteiger partial charge is 0.209 e. The highest BCUT2D eigenvalue weighted by Crippen LogP contribution is 2.27. The molecule has 0 aliphatic heterocycles. The number of thioether (sulfide) groups is 1. The van der Waals surface area contributed by atoms with Crippen LogP contribution in [0.1, 0.15) is 11.1 Å². The van der Waals surface area contributed by atoms with Crippen LogP contribution in [0.5, 0.6) is 0 Å². The van der Waals surface area contributed by atoms with Crippen LogP contribution in [0.15, 0.2) is 58.2 Å². The number of hydrogen-bond acceptors (Lipinski definition) is 3. The van der Waals surface area contributed by atoms with Crippen molar-refractivity contribution in [2.45, 2.75) is 17.8 Å². The lowest BCUT2D eigenvalue weighted by molar-refractivity contribution is 0.973. The van der Waals surface area contributed by atoms with Crippen LogP contribution in [0.25, 0.3) is 11.4 Å². The van der Waals surface area contributed by atoms with Crippen LogP contribution in [0, 0.1) is 6.92 Å². The highest BCUT2D eigenvalue weighted by molar-refractivity contribution is 9.10. The van der Waals surface area contributed by atoms with E-state index in [1.807, 2.05) is 24.3 Å². The first kappa shape index (κ1) is 14.4. The van der Waals surface area contributed by atoms with E-state index in [1.54, 1.807) is 11.8 Å². The summed E-state index contributed by atoms with van der Waals surface area (Å²) in [5.74, 6) is 1.66. The summed E-state index contributed by atoms with van der Waals surface area (Å²) < 4.78 is 1.01. The Bertz CT molecular complexity index is 755. The molecule has 21 heavy (non-hydrogen) atoms. The molecule has 0 spiro atoms. The average molecular weight is 360 g/mol. The Morgan fingerprint density at radius 1 is 1.14 bits per heavy atom. The van der Waals surface area contributed by atoms with Gasteiger partial charge in [0.1, 0.15) is 0 Å². The van der Waals surface area contributed by atoms with E-state index in [1.165, 1.54) is 11.1 Å². The third-order valence-corrected chi connectivity index (χ3v) is 4.65. The van der Waals surface area contributed by atoms with Gasteiger partial charge in [0.25, 0.3) is 0 Å². The number of aromatic amines is 1. The number of H-pyrrole nitrogens is 1. The van der Waals surface area contributed by atoms with Crippen molar-refractivity contribution < 1.29 is 0 Å². The van der Waals surface area contributed by atoms with Crippen molar-refractivity contribution in [3.05, 3.63) is 64.1 Å². The van der Waals surface area contributed by atoms with E-state index in [2.05, 4.69) is 62.3 Å². The standard InChI is InChI=1S/C16H14BrN3S/c1-11-5-4-6-12(9-11)10-21-16-18-15(19-20-16)13-7-2-3-8-14(13)17/h2-9H,10H2,1H3,(H,18,19,20). The van der Waals surface area contributed by atoms with Crippen LogP contribution < -0.4 is 0 Å². The first-order valence-corrected chi connectivity index (χ1v) is 8.36. The maximum atomic E-state index is 4.55. The Kier molecular flexibility index (Phi) is 4.41. The van der Waals surface area contributed by atoms with Crippen LogP contribution in [0.3, 0.4) is 0 Å². The van der Waals surface area contributed by atoms with Crippen LogP contribution in [-0.2, 0) is 5.75 Å². The van der Waals surface area contributed by atoms with Gasteiger partial charge in [-0.3, -0.25) is 5.10 Å². The molecule has 0 unspecified atom stereocenters. The molecule has 0 amide bonds. The molecule has 0 bridgehead atoms. The molecule has 2 aromatic carbocycles. The van der Waals surface area contributed by atoms with Crippen molar-refractivity contribution in [2.24, 2.45) is 0 Å². The summed E-state index contributed by atoms with van der Waals surface area (Å²) in [6.45, 7) is 2.10. The lowest BCUT2D eigenvalue weighted by Gasteiger charge is -2.00. The zero-order valence-corrected chi connectivity index (χ0v) is 13.9. The lowest BCUT2D eigenvalue weighted by Crippen LogP contribution is -1.83. The third kappa shape index (κ3) is 3.54. The summed E-state index contributed by atoms with van der Waals surface area (Å²) in [5, 5.41) is 8.04. The Hall–Kier alpha value is -1.59. The topological polar surface area (TPSA) is 41.6 Å². The number of rotatable bonds is 4. The first-order valence-electron chi connectivity index (χ1n) is 6.58. The minimum absolute atomic E-state index is 0.766. The molecule has 0 saturated carbocycles.